The van der Waals surface area contributed by atoms with Crippen LogP contribution in [0, 0.1) is 5.82 Å². The Labute approximate surface area is 183 Å². The van der Waals surface area contributed by atoms with Crippen molar-refractivity contribution in [1.82, 2.24) is 14.3 Å². The first-order valence-corrected chi connectivity index (χ1v) is 10.5. The molecule has 0 saturated heterocycles. The molecule has 2 heterocycles. The number of halogens is 1. The van der Waals surface area contributed by atoms with Crippen molar-refractivity contribution in [2.75, 3.05) is 7.05 Å². The monoisotopic (exact) mass is 461 g/mol. The second kappa shape index (κ2) is 11.0. The van der Waals surface area contributed by atoms with Gasteiger partial charge in [0.05, 0.1) is 0 Å². The summed E-state index contributed by atoms with van der Waals surface area (Å²) in [6, 6.07) is 11.6. The molecule has 0 bridgehead atoms. The Kier molecular flexibility index (Phi) is 8.38. The molecule has 1 aromatic carbocycles. The highest BCUT2D eigenvalue weighted by Gasteiger charge is 2.26. The molecule has 11 heteroatoms. The zero-order chi connectivity index (χ0) is 23.7. The Morgan fingerprint density at radius 1 is 1.09 bits per heavy atom. The number of hydrogen-bond acceptors (Lipinski definition) is 6. The molecule has 3 aromatic rings. The molecule has 32 heavy (non-hydrogen) atoms. The Morgan fingerprint density at radius 2 is 1.72 bits per heavy atom. The molecule has 0 aliphatic heterocycles. The van der Waals surface area contributed by atoms with Crippen molar-refractivity contribution in [2.24, 2.45) is 0 Å². The minimum absolute atomic E-state index is 0.00758. The number of aliphatic carboxylic acids is 2. The van der Waals surface area contributed by atoms with E-state index < -0.39 is 27.8 Å². The number of nitrogens with one attached hydrogen (secondary N) is 1. The first-order chi connectivity index (χ1) is 15.2. The number of carboxylic acids is 2. The molecule has 2 aromatic heterocycles. The van der Waals surface area contributed by atoms with Gasteiger partial charge < -0.3 is 15.5 Å². The Morgan fingerprint density at radius 3 is 2.22 bits per heavy atom. The molecule has 168 valence electrons. The summed E-state index contributed by atoms with van der Waals surface area (Å²) >= 11 is 0. The van der Waals surface area contributed by atoms with Crippen molar-refractivity contribution < 1.29 is 32.6 Å². The minimum Gasteiger partial charge on any atom is -0.478 e. The van der Waals surface area contributed by atoms with Crippen molar-refractivity contribution in [2.45, 2.75) is 11.4 Å². The number of hydrogen-bond donors (Lipinski definition) is 3. The van der Waals surface area contributed by atoms with Gasteiger partial charge in [0, 0.05) is 48.4 Å². The zero-order valence-corrected chi connectivity index (χ0v) is 17.7. The number of aromatic nitrogens is 2. The predicted molar refractivity (Wildman–Crippen MR) is 114 cm³/mol. The molecule has 0 aliphatic carbocycles. The van der Waals surface area contributed by atoms with E-state index in [1.165, 1.54) is 30.7 Å². The molecular weight excluding hydrogens is 441 g/mol. The largest absolute Gasteiger partial charge is 0.478 e. The molecule has 0 atom stereocenters. The molecule has 3 N–H and O–H groups in total. The summed E-state index contributed by atoms with van der Waals surface area (Å²) in [5.74, 6) is -3.07. The van der Waals surface area contributed by atoms with Gasteiger partial charge in [-0.3, -0.25) is 4.98 Å². The summed E-state index contributed by atoms with van der Waals surface area (Å²) in [5.41, 5.74) is 0.790. The van der Waals surface area contributed by atoms with Crippen LogP contribution in [0.15, 0.2) is 78.1 Å². The topological polar surface area (TPSA) is 139 Å². The average molecular weight is 461 g/mol. The summed E-state index contributed by atoms with van der Waals surface area (Å²) in [4.78, 5) is 23.0. The third kappa shape index (κ3) is 6.09. The Bertz CT molecular complexity index is 1190. The lowest BCUT2D eigenvalue weighted by molar-refractivity contribution is -0.134. The summed E-state index contributed by atoms with van der Waals surface area (Å²) in [7, 11) is -2.28. The van der Waals surface area contributed by atoms with Gasteiger partial charge in [-0.1, -0.05) is 30.3 Å². The van der Waals surface area contributed by atoms with E-state index in [4.69, 9.17) is 10.2 Å². The number of rotatable bonds is 7. The first kappa shape index (κ1) is 24.4. The molecule has 0 fully saturated rings. The van der Waals surface area contributed by atoms with Crippen molar-refractivity contribution in [3.8, 4) is 11.3 Å². The van der Waals surface area contributed by atoms with Crippen molar-refractivity contribution in [3.05, 3.63) is 84.6 Å². The van der Waals surface area contributed by atoms with E-state index in [0.29, 0.717) is 17.7 Å². The van der Waals surface area contributed by atoms with Gasteiger partial charge in [0.2, 0.25) is 0 Å². The van der Waals surface area contributed by atoms with Gasteiger partial charge in [0.1, 0.15) is 10.6 Å². The Balaban J connectivity index is 0.000000390. The van der Waals surface area contributed by atoms with Crippen LogP contribution in [0.3, 0.4) is 0 Å². The fourth-order valence-electron chi connectivity index (χ4n) is 2.62. The minimum atomic E-state index is -3.95. The summed E-state index contributed by atoms with van der Waals surface area (Å²) < 4.78 is 41.7. The van der Waals surface area contributed by atoms with E-state index in [1.807, 2.05) is 0 Å². The summed E-state index contributed by atoms with van der Waals surface area (Å²) in [5, 5.41) is 18.5. The van der Waals surface area contributed by atoms with Crippen molar-refractivity contribution in [1.29, 1.82) is 0 Å². The van der Waals surface area contributed by atoms with Crippen LogP contribution in [-0.4, -0.2) is 46.6 Å². The number of pyridine rings is 1. The molecule has 0 amide bonds. The lowest BCUT2D eigenvalue weighted by Crippen LogP contribution is -2.14. The molecule has 3 rings (SSSR count). The number of benzene rings is 1. The van der Waals surface area contributed by atoms with E-state index in [0.717, 1.165) is 3.97 Å². The lowest BCUT2D eigenvalue weighted by Gasteiger charge is -2.10. The van der Waals surface area contributed by atoms with Crippen molar-refractivity contribution >= 4 is 22.0 Å². The fourth-order valence-corrected chi connectivity index (χ4v) is 3.98. The SMILES string of the molecule is CNCc1cn(S(=O)(=O)c2cccnc2)c(-c2ccccc2)c1F.O=C(O)C=CC(=O)O. The molecule has 0 saturated carbocycles. The number of carbonyl (C=O) groups is 2. The fraction of sp³-hybridized carbons (Fsp3) is 0.0952. The lowest BCUT2D eigenvalue weighted by atomic mass is 10.1. The molecule has 0 aliphatic rings. The van der Waals surface area contributed by atoms with E-state index >= 15 is 0 Å². The van der Waals surface area contributed by atoms with Gasteiger partial charge in [0.25, 0.3) is 10.0 Å². The maximum absolute atomic E-state index is 14.9. The van der Waals surface area contributed by atoms with Crippen LogP contribution in [-0.2, 0) is 26.2 Å². The zero-order valence-electron chi connectivity index (χ0n) is 16.8. The van der Waals surface area contributed by atoms with Crippen LogP contribution in [0.4, 0.5) is 4.39 Å². The van der Waals surface area contributed by atoms with Gasteiger partial charge >= 0.3 is 11.9 Å². The van der Waals surface area contributed by atoms with Gasteiger partial charge in [0.15, 0.2) is 5.82 Å². The van der Waals surface area contributed by atoms with Crippen molar-refractivity contribution in [3.63, 3.8) is 0 Å². The molecule has 9 nitrogen and oxygen atoms in total. The van der Waals surface area contributed by atoms with Gasteiger partial charge in [-0.15, -0.1) is 0 Å². The highest BCUT2D eigenvalue weighted by atomic mass is 32.2. The number of nitrogens with zero attached hydrogens (tertiary/aromatic N) is 2. The van der Waals surface area contributed by atoms with E-state index in [-0.39, 0.29) is 22.7 Å². The second-order valence-electron chi connectivity index (χ2n) is 6.21. The van der Waals surface area contributed by atoms with Crippen LogP contribution in [0.2, 0.25) is 0 Å². The molecular formula is C21H20FN3O6S. The third-order valence-electron chi connectivity index (χ3n) is 3.96. The van der Waals surface area contributed by atoms with Gasteiger partial charge in [-0.2, -0.15) is 0 Å². The summed E-state index contributed by atoms with van der Waals surface area (Å²) in [6.45, 7) is 0.223. The maximum atomic E-state index is 14.9. The quantitative estimate of drug-likeness (QED) is 0.456. The van der Waals surface area contributed by atoms with Gasteiger partial charge in [-0.25, -0.2) is 26.4 Å². The first-order valence-electron chi connectivity index (χ1n) is 9.07. The van der Waals surface area contributed by atoms with E-state index in [2.05, 4.69) is 10.3 Å². The normalized spacial score (nSPS) is 11.1. The summed E-state index contributed by atoms with van der Waals surface area (Å²) in [6.07, 6.45) is 5.17. The van der Waals surface area contributed by atoms with Crippen LogP contribution in [0.1, 0.15) is 5.56 Å². The molecule has 0 unspecified atom stereocenters. The second-order valence-corrected chi connectivity index (χ2v) is 8.03. The molecule has 0 radical (unpaired) electrons. The van der Waals surface area contributed by atoms with Crippen LogP contribution in [0.25, 0.3) is 11.3 Å². The standard InChI is InChI=1S/C17H16FN3O2S.C4H4O4/c1-19-10-14-12-21(24(22,23)15-8-5-9-20-11-15)17(16(14)18)13-6-3-2-4-7-13;5-3(6)1-2-4(7)8/h2-9,11-12,19H,10H2,1H3;1-2H,(H,5,6)(H,7,8). The van der Waals surface area contributed by atoms with Crippen LogP contribution < -0.4 is 5.32 Å². The third-order valence-corrected chi connectivity index (χ3v) is 5.60. The average Bonchev–Trinajstić information content (AvgIpc) is 3.11. The highest BCUT2D eigenvalue weighted by Crippen LogP contribution is 2.30. The van der Waals surface area contributed by atoms with Gasteiger partial charge in [-0.05, 0) is 19.2 Å². The van der Waals surface area contributed by atoms with Crippen LogP contribution in [0.5, 0.6) is 0 Å². The smallest absolute Gasteiger partial charge is 0.328 e. The molecule has 0 spiro atoms. The number of carboxylic acid groups (broad SMARTS) is 2. The predicted octanol–water partition coefficient (Wildman–Crippen LogP) is 2.36. The van der Waals surface area contributed by atoms with E-state index in [9.17, 15) is 22.4 Å². The Hall–Kier alpha value is -3.83. The maximum Gasteiger partial charge on any atom is 0.328 e. The highest BCUT2D eigenvalue weighted by molar-refractivity contribution is 7.90. The van der Waals surface area contributed by atoms with E-state index in [1.54, 1.807) is 37.4 Å². The van der Waals surface area contributed by atoms with Crippen LogP contribution >= 0.6 is 0 Å².